The van der Waals surface area contributed by atoms with Crippen LogP contribution in [0.5, 0.6) is 0 Å². The van der Waals surface area contributed by atoms with E-state index in [9.17, 15) is 0 Å². The number of rotatable bonds is 2. The number of fused-ring (bicyclic) bond motifs is 1. The van der Waals surface area contributed by atoms with Crippen LogP contribution in [0.1, 0.15) is 5.56 Å². The maximum absolute atomic E-state index is 4.88. The summed E-state index contributed by atoms with van der Waals surface area (Å²) in [4.78, 5) is 0. The fourth-order valence-electron chi connectivity index (χ4n) is 2.81. The third-order valence-corrected chi connectivity index (χ3v) is 5.26. The molecule has 22 heavy (non-hydrogen) atoms. The number of hydrogen-bond donors (Lipinski definition) is 1. The summed E-state index contributed by atoms with van der Waals surface area (Å²) in [6.45, 7) is 0.967. The van der Waals surface area contributed by atoms with Crippen LogP contribution in [0.4, 0.5) is 5.82 Å². The fourth-order valence-corrected chi connectivity index (χ4v) is 3.65. The van der Waals surface area contributed by atoms with Gasteiger partial charge < -0.3 is 5.32 Å². The highest BCUT2D eigenvalue weighted by Crippen LogP contribution is 2.37. The van der Waals surface area contributed by atoms with Crippen molar-refractivity contribution in [2.24, 2.45) is 0 Å². The molecular formula is C17H13BrIN3. The van der Waals surface area contributed by atoms with Crippen molar-refractivity contribution in [2.45, 2.75) is 6.42 Å². The van der Waals surface area contributed by atoms with Crippen molar-refractivity contribution >= 4 is 44.3 Å². The van der Waals surface area contributed by atoms with Gasteiger partial charge in [-0.2, -0.15) is 5.10 Å². The van der Waals surface area contributed by atoms with E-state index in [2.05, 4.69) is 86.3 Å². The number of benzene rings is 2. The predicted octanol–water partition coefficient (Wildman–Crippen LogP) is 4.87. The average molecular weight is 466 g/mol. The van der Waals surface area contributed by atoms with E-state index < -0.39 is 0 Å². The van der Waals surface area contributed by atoms with Gasteiger partial charge in [0.15, 0.2) is 0 Å². The smallest absolute Gasteiger partial charge is 0.133 e. The molecule has 3 aromatic rings. The van der Waals surface area contributed by atoms with E-state index >= 15 is 0 Å². The zero-order valence-corrected chi connectivity index (χ0v) is 15.4. The molecule has 0 atom stereocenters. The first-order valence-corrected chi connectivity index (χ1v) is 8.98. The first kappa shape index (κ1) is 14.3. The predicted molar refractivity (Wildman–Crippen MR) is 102 cm³/mol. The van der Waals surface area contributed by atoms with Crippen molar-refractivity contribution in [1.82, 2.24) is 9.78 Å². The van der Waals surface area contributed by atoms with Gasteiger partial charge in [0.2, 0.25) is 0 Å². The molecule has 0 bridgehead atoms. The third-order valence-electron chi connectivity index (χ3n) is 3.85. The van der Waals surface area contributed by atoms with Gasteiger partial charge in [0.25, 0.3) is 0 Å². The maximum atomic E-state index is 4.88. The van der Waals surface area contributed by atoms with Crippen LogP contribution in [-0.4, -0.2) is 16.3 Å². The summed E-state index contributed by atoms with van der Waals surface area (Å²) in [5.41, 5.74) is 4.59. The van der Waals surface area contributed by atoms with Gasteiger partial charge >= 0.3 is 0 Å². The Morgan fingerprint density at radius 3 is 2.64 bits per heavy atom. The van der Waals surface area contributed by atoms with Gasteiger partial charge in [0.1, 0.15) is 5.82 Å². The molecule has 0 fully saturated rings. The summed E-state index contributed by atoms with van der Waals surface area (Å²) in [6.07, 6.45) is 1.01. The topological polar surface area (TPSA) is 29.9 Å². The standard InChI is InChI=1S/C17H13BrIN3/c18-15-4-2-1-3-13(15)16-14-9-10-20-17(14)22(21-16)12-7-5-11(19)6-8-12/h1-8,20H,9-10H2. The quantitative estimate of drug-likeness (QED) is 0.547. The summed E-state index contributed by atoms with van der Waals surface area (Å²) in [7, 11) is 0. The number of halogens is 2. The highest BCUT2D eigenvalue weighted by Gasteiger charge is 2.24. The van der Waals surface area contributed by atoms with Gasteiger partial charge in [-0.25, -0.2) is 4.68 Å². The largest absolute Gasteiger partial charge is 0.369 e. The lowest BCUT2D eigenvalue weighted by Crippen LogP contribution is -2.04. The van der Waals surface area contributed by atoms with E-state index in [-0.39, 0.29) is 0 Å². The number of hydrogen-bond acceptors (Lipinski definition) is 2. The first-order valence-electron chi connectivity index (χ1n) is 7.10. The van der Waals surface area contributed by atoms with Crippen molar-refractivity contribution in [1.29, 1.82) is 0 Å². The molecule has 1 aliphatic heterocycles. The van der Waals surface area contributed by atoms with Crippen LogP contribution in [0.15, 0.2) is 53.0 Å². The molecule has 2 heterocycles. The zero-order chi connectivity index (χ0) is 15.1. The van der Waals surface area contributed by atoms with Gasteiger partial charge in [0.05, 0.1) is 11.4 Å². The van der Waals surface area contributed by atoms with E-state index in [1.54, 1.807) is 0 Å². The van der Waals surface area contributed by atoms with Crippen LogP contribution in [0.25, 0.3) is 16.9 Å². The van der Waals surface area contributed by atoms with Crippen LogP contribution >= 0.6 is 38.5 Å². The molecule has 4 rings (SSSR count). The van der Waals surface area contributed by atoms with Crippen LogP contribution in [-0.2, 0) is 6.42 Å². The molecule has 0 amide bonds. The summed E-state index contributed by atoms with van der Waals surface area (Å²) in [5, 5.41) is 8.36. The molecule has 1 N–H and O–H groups in total. The Morgan fingerprint density at radius 1 is 1.09 bits per heavy atom. The molecule has 0 saturated carbocycles. The number of aromatic nitrogens is 2. The Bertz CT molecular complexity index is 840. The van der Waals surface area contributed by atoms with Crippen LogP contribution in [0.3, 0.4) is 0 Å². The summed E-state index contributed by atoms with van der Waals surface area (Å²) in [6, 6.07) is 16.7. The van der Waals surface area contributed by atoms with Crippen molar-refractivity contribution in [3.8, 4) is 16.9 Å². The number of nitrogens with zero attached hydrogens (tertiary/aromatic N) is 2. The molecule has 5 heteroatoms. The SMILES string of the molecule is Brc1ccccc1-c1nn(-c2ccc(I)cc2)c2c1CCN2. The Hall–Kier alpha value is -1.34. The molecular weight excluding hydrogens is 453 g/mol. The lowest BCUT2D eigenvalue weighted by Gasteiger charge is -2.06. The Labute approximate surface area is 151 Å². The molecule has 110 valence electrons. The summed E-state index contributed by atoms with van der Waals surface area (Å²) < 4.78 is 4.33. The van der Waals surface area contributed by atoms with E-state index in [1.165, 1.54) is 9.13 Å². The molecule has 1 aromatic heterocycles. The Kier molecular flexibility index (Phi) is 3.69. The Balaban J connectivity index is 1.90. The first-order chi connectivity index (χ1) is 10.7. The van der Waals surface area contributed by atoms with Crippen molar-refractivity contribution < 1.29 is 0 Å². The zero-order valence-electron chi connectivity index (χ0n) is 11.7. The lowest BCUT2D eigenvalue weighted by molar-refractivity contribution is 0.882. The second-order valence-electron chi connectivity index (χ2n) is 5.22. The molecule has 1 aliphatic rings. The molecule has 0 unspecified atom stereocenters. The van der Waals surface area contributed by atoms with E-state index in [1.807, 2.05) is 10.7 Å². The normalized spacial score (nSPS) is 13.0. The van der Waals surface area contributed by atoms with Crippen LogP contribution in [0.2, 0.25) is 0 Å². The second-order valence-corrected chi connectivity index (χ2v) is 7.32. The molecule has 0 aliphatic carbocycles. The highest BCUT2D eigenvalue weighted by atomic mass is 127. The van der Waals surface area contributed by atoms with Crippen LogP contribution in [0, 0.1) is 3.57 Å². The minimum absolute atomic E-state index is 0.967. The Morgan fingerprint density at radius 2 is 1.86 bits per heavy atom. The van der Waals surface area contributed by atoms with Gasteiger partial charge in [-0.15, -0.1) is 0 Å². The molecule has 0 saturated heterocycles. The second kappa shape index (κ2) is 5.70. The maximum Gasteiger partial charge on any atom is 0.133 e. The molecule has 2 aromatic carbocycles. The van der Waals surface area contributed by atoms with Gasteiger partial charge in [-0.05, 0) is 59.3 Å². The minimum Gasteiger partial charge on any atom is -0.369 e. The number of anilines is 1. The fraction of sp³-hybridized carbons (Fsp3) is 0.118. The third kappa shape index (κ3) is 2.36. The number of nitrogens with one attached hydrogen (secondary N) is 1. The van der Waals surface area contributed by atoms with Crippen molar-refractivity contribution in [2.75, 3.05) is 11.9 Å². The molecule has 3 nitrogen and oxygen atoms in total. The van der Waals surface area contributed by atoms with Crippen molar-refractivity contribution in [3.63, 3.8) is 0 Å². The summed E-state index contributed by atoms with van der Waals surface area (Å²) >= 11 is 5.97. The minimum atomic E-state index is 0.967. The average Bonchev–Trinajstić information content (AvgIpc) is 3.11. The van der Waals surface area contributed by atoms with E-state index in [0.29, 0.717) is 0 Å². The monoisotopic (exact) mass is 465 g/mol. The van der Waals surface area contributed by atoms with E-state index in [0.717, 1.165) is 40.2 Å². The summed E-state index contributed by atoms with van der Waals surface area (Å²) in [5.74, 6) is 1.12. The van der Waals surface area contributed by atoms with Crippen LogP contribution < -0.4 is 5.32 Å². The molecule has 0 radical (unpaired) electrons. The molecule has 0 spiro atoms. The lowest BCUT2D eigenvalue weighted by atomic mass is 10.1. The van der Waals surface area contributed by atoms with Crippen molar-refractivity contribution in [3.05, 3.63) is 62.1 Å². The highest BCUT2D eigenvalue weighted by molar-refractivity contribution is 14.1. The van der Waals surface area contributed by atoms with E-state index in [4.69, 9.17) is 5.10 Å². The van der Waals surface area contributed by atoms with Gasteiger partial charge in [0, 0.05) is 25.7 Å². The van der Waals surface area contributed by atoms with Gasteiger partial charge in [-0.3, -0.25) is 0 Å². The van der Waals surface area contributed by atoms with Gasteiger partial charge in [-0.1, -0.05) is 34.1 Å².